The van der Waals surface area contributed by atoms with Gasteiger partial charge in [-0.2, -0.15) is 0 Å². The van der Waals surface area contributed by atoms with Gasteiger partial charge in [-0.3, -0.25) is 9.59 Å². The number of amides is 1. The second-order valence-electron chi connectivity index (χ2n) is 6.02. The monoisotopic (exact) mass is 363 g/mol. The summed E-state index contributed by atoms with van der Waals surface area (Å²) in [5.41, 5.74) is 1.47. The number of rotatable bonds is 7. The van der Waals surface area contributed by atoms with Crippen LogP contribution in [-0.2, 0) is 20.7 Å². The second kappa shape index (κ2) is 8.85. The van der Waals surface area contributed by atoms with Crippen LogP contribution in [0.4, 0.5) is 5.69 Å². The lowest BCUT2D eigenvalue weighted by atomic mass is 10.1. The smallest absolute Gasteiger partial charge is 0.310 e. The van der Waals surface area contributed by atoms with Crippen molar-refractivity contribution in [3.8, 4) is 5.75 Å². The largest absolute Gasteiger partial charge is 0.494 e. The molecule has 0 aliphatic rings. The molecule has 3 aromatic rings. The average molecular weight is 363 g/mol. The zero-order valence-corrected chi connectivity index (χ0v) is 15.1. The van der Waals surface area contributed by atoms with E-state index in [9.17, 15) is 9.59 Å². The molecule has 5 heteroatoms. The molecule has 0 bridgehead atoms. The van der Waals surface area contributed by atoms with Gasteiger partial charge in [0, 0.05) is 5.69 Å². The van der Waals surface area contributed by atoms with E-state index in [0.29, 0.717) is 12.3 Å². The molecule has 0 heterocycles. The third-order valence-electron chi connectivity index (χ3n) is 3.98. The topological polar surface area (TPSA) is 64.6 Å². The summed E-state index contributed by atoms with van der Waals surface area (Å²) >= 11 is 0. The number of nitrogens with one attached hydrogen (secondary N) is 1. The van der Waals surface area contributed by atoms with Crippen LogP contribution in [0.2, 0.25) is 0 Å². The Balaban J connectivity index is 1.48. The molecule has 0 fully saturated rings. The predicted molar refractivity (Wildman–Crippen MR) is 105 cm³/mol. The number of benzene rings is 3. The molecule has 0 aromatic heterocycles. The van der Waals surface area contributed by atoms with Gasteiger partial charge in [0.05, 0.1) is 13.0 Å². The fourth-order valence-corrected chi connectivity index (χ4v) is 2.71. The first kappa shape index (κ1) is 18.5. The minimum atomic E-state index is -0.438. The number of anilines is 1. The Morgan fingerprint density at radius 3 is 2.41 bits per heavy atom. The number of carbonyl (C=O) groups excluding carboxylic acids is 2. The van der Waals surface area contributed by atoms with E-state index in [0.717, 1.165) is 22.1 Å². The highest BCUT2D eigenvalue weighted by Gasteiger charge is 2.09. The normalized spacial score (nSPS) is 10.4. The third-order valence-corrected chi connectivity index (χ3v) is 3.98. The van der Waals surface area contributed by atoms with E-state index in [-0.39, 0.29) is 18.9 Å². The number of hydrogen-bond donors (Lipinski definition) is 1. The number of fused-ring (bicyclic) bond motifs is 1. The van der Waals surface area contributed by atoms with E-state index in [2.05, 4.69) is 5.32 Å². The van der Waals surface area contributed by atoms with Crippen LogP contribution in [0.15, 0.2) is 66.7 Å². The average Bonchev–Trinajstić information content (AvgIpc) is 2.68. The summed E-state index contributed by atoms with van der Waals surface area (Å²) in [7, 11) is 0. The van der Waals surface area contributed by atoms with Gasteiger partial charge in [0.25, 0.3) is 5.91 Å². The van der Waals surface area contributed by atoms with Gasteiger partial charge in [0.15, 0.2) is 6.61 Å². The van der Waals surface area contributed by atoms with Crippen LogP contribution in [0, 0.1) is 0 Å². The standard InChI is InChI=1S/C22H21NO4/c1-2-26-20-11-9-19(10-12-20)23-21(24)15-27-22(25)14-16-7-8-17-5-3-4-6-18(17)13-16/h3-13H,2,14-15H2,1H3,(H,23,24). The molecule has 27 heavy (non-hydrogen) atoms. The van der Waals surface area contributed by atoms with Crippen molar-refractivity contribution in [3.05, 3.63) is 72.3 Å². The minimum absolute atomic E-state index is 0.126. The molecule has 3 rings (SSSR count). The molecular formula is C22H21NO4. The van der Waals surface area contributed by atoms with Crippen molar-refractivity contribution in [3.63, 3.8) is 0 Å². The first-order valence-corrected chi connectivity index (χ1v) is 8.80. The molecule has 1 amide bonds. The lowest BCUT2D eigenvalue weighted by Crippen LogP contribution is -2.21. The molecule has 0 saturated carbocycles. The molecular weight excluding hydrogens is 342 g/mol. The fourth-order valence-electron chi connectivity index (χ4n) is 2.71. The van der Waals surface area contributed by atoms with E-state index < -0.39 is 5.97 Å². The first-order chi connectivity index (χ1) is 13.1. The Bertz CT molecular complexity index is 934. The highest BCUT2D eigenvalue weighted by Crippen LogP contribution is 2.17. The molecule has 0 saturated heterocycles. The van der Waals surface area contributed by atoms with Gasteiger partial charge in [-0.05, 0) is 47.5 Å². The van der Waals surface area contributed by atoms with Crippen molar-refractivity contribution >= 4 is 28.3 Å². The van der Waals surface area contributed by atoms with Crippen molar-refractivity contribution in [2.24, 2.45) is 0 Å². The van der Waals surface area contributed by atoms with Gasteiger partial charge in [-0.1, -0.05) is 42.5 Å². The molecule has 0 unspecified atom stereocenters. The summed E-state index contributed by atoms with van der Waals surface area (Å²) in [6.07, 6.45) is 0.126. The second-order valence-corrected chi connectivity index (χ2v) is 6.02. The zero-order chi connectivity index (χ0) is 19.1. The zero-order valence-electron chi connectivity index (χ0n) is 15.1. The molecule has 0 aliphatic carbocycles. The SMILES string of the molecule is CCOc1ccc(NC(=O)COC(=O)Cc2ccc3ccccc3c2)cc1. The Morgan fingerprint density at radius 1 is 0.926 bits per heavy atom. The van der Waals surface area contributed by atoms with E-state index >= 15 is 0 Å². The van der Waals surface area contributed by atoms with Crippen LogP contribution in [0.5, 0.6) is 5.75 Å². The lowest BCUT2D eigenvalue weighted by molar-refractivity contribution is -0.146. The maximum atomic E-state index is 12.0. The Morgan fingerprint density at radius 2 is 1.67 bits per heavy atom. The van der Waals surface area contributed by atoms with Crippen molar-refractivity contribution in [2.75, 3.05) is 18.5 Å². The molecule has 5 nitrogen and oxygen atoms in total. The summed E-state index contributed by atoms with van der Waals surface area (Å²) in [5, 5.41) is 4.86. The van der Waals surface area contributed by atoms with Crippen LogP contribution < -0.4 is 10.1 Å². The van der Waals surface area contributed by atoms with Gasteiger partial charge in [-0.15, -0.1) is 0 Å². The summed E-state index contributed by atoms with van der Waals surface area (Å²) in [6, 6.07) is 20.8. The first-order valence-electron chi connectivity index (χ1n) is 8.80. The van der Waals surface area contributed by atoms with Crippen molar-refractivity contribution in [2.45, 2.75) is 13.3 Å². The molecule has 138 valence electrons. The summed E-state index contributed by atoms with van der Waals surface area (Å²) in [6.45, 7) is 2.17. The van der Waals surface area contributed by atoms with Crippen LogP contribution in [0.1, 0.15) is 12.5 Å². The van der Waals surface area contributed by atoms with Crippen LogP contribution in [0.3, 0.4) is 0 Å². The summed E-state index contributed by atoms with van der Waals surface area (Å²) in [5.74, 6) is -0.0875. The molecule has 0 radical (unpaired) electrons. The molecule has 1 N–H and O–H groups in total. The van der Waals surface area contributed by atoms with Crippen LogP contribution in [0.25, 0.3) is 10.8 Å². The van der Waals surface area contributed by atoms with Gasteiger partial charge in [-0.25, -0.2) is 0 Å². The predicted octanol–water partition coefficient (Wildman–Crippen LogP) is 3.96. The highest BCUT2D eigenvalue weighted by molar-refractivity contribution is 5.93. The number of ether oxygens (including phenoxy) is 2. The quantitative estimate of drug-likeness (QED) is 0.645. The fraction of sp³-hybridized carbons (Fsp3) is 0.182. The number of hydrogen-bond acceptors (Lipinski definition) is 4. The lowest BCUT2D eigenvalue weighted by Gasteiger charge is -2.08. The Hall–Kier alpha value is -3.34. The number of carbonyl (C=O) groups is 2. The van der Waals surface area contributed by atoms with Gasteiger partial charge < -0.3 is 14.8 Å². The maximum Gasteiger partial charge on any atom is 0.310 e. The van der Waals surface area contributed by atoms with E-state index in [1.54, 1.807) is 24.3 Å². The molecule has 0 spiro atoms. The van der Waals surface area contributed by atoms with E-state index in [4.69, 9.17) is 9.47 Å². The van der Waals surface area contributed by atoms with E-state index in [1.165, 1.54) is 0 Å². The molecule has 0 aliphatic heterocycles. The van der Waals surface area contributed by atoms with Gasteiger partial charge in [0.2, 0.25) is 0 Å². The van der Waals surface area contributed by atoms with Gasteiger partial charge in [0.1, 0.15) is 5.75 Å². The molecule has 3 aromatic carbocycles. The van der Waals surface area contributed by atoms with Crippen molar-refractivity contribution in [1.29, 1.82) is 0 Å². The molecule has 0 atom stereocenters. The third kappa shape index (κ3) is 5.31. The Kier molecular flexibility index (Phi) is 6.05. The maximum absolute atomic E-state index is 12.0. The Labute approximate surface area is 157 Å². The van der Waals surface area contributed by atoms with Gasteiger partial charge >= 0.3 is 5.97 Å². The summed E-state index contributed by atoms with van der Waals surface area (Å²) < 4.78 is 10.4. The highest BCUT2D eigenvalue weighted by atomic mass is 16.5. The van der Waals surface area contributed by atoms with Crippen LogP contribution >= 0.6 is 0 Å². The van der Waals surface area contributed by atoms with Crippen molar-refractivity contribution in [1.82, 2.24) is 0 Å². The van der Waals surface area contributed by atoms with Crippen molar-refractivity contribution < 1.29 is 19.1 Å². The van der Waals surface area contributed by atoms with Crippen LogP contribution in [-0.4, -0.2) is 25.1 Å². The minimum Gasteiger partial charge on any atom is -0.494 e. The number of esters is 1. The summed E-state index contributed by atoms with van der Waals surface area (Å²) in [4.78, 5) is 23.9. The van der Waals surface area contributed by atoms with E-state index in [1.807, 2.05) is 49.4 Å².